The maximum absolute atomic E-state index is 11.1. The number of hydrogen-bond donors (Lipinski definition) is 0. The molecule has 0 aromatic rings. The fourth-order valence-electron chi connectivity index (χ4n) is 2.07. The van der Waals surface area contributed by atoms with Crippen LogP contribution in [0.15, 0.2) is 23.9 Å². The maximum atomic E-state index is 11.1. The van der Waals surface area contributed by atoms with Gasteiger partial charge in [-0.05, 0) is 19.1 Å². The molecule has 1 rings (SSSR count). The van der Waals surface area contributed by atoms with Crippen LogP contribution < -0.4 is 0 Å². The molecular weight excluding hydrogens is 212 g/mol. The number of nitrogens with zero attached hydrogens (tertiary/aromatic N) is 2. The van der Waals surface area contributed by atoms with Gasteiger partial charge < -0.3 is 0 Å². The van der Waals surface area contributed by atoms with Gasteiger partial charge in [0, 0.05) is 17.8 Å². The zero-order valence-corrected chi connectivity index (χ0v) is 9.25. The Morgan fingerprint density at radius 2 is 2.12 bits per heavy atom. The summed E-state index contributed by atoms with van der Waals surface area (Å²) in [4.78, 5) is 20.9. The van der Waals surface area contributed by atoms with Gasteiger partial charge in [0.1, 0.15) is 0 Å². The molecule has 0 saturated heterocycles. The molecule has 1 aliphatic rings. The first-order valence-corrected chi connectivity index (χ1v) is 5.07. The highest BCUT2D eigenvalue weighted by Gasteiger charge is 2.48. The molecule has 1 aliphatic carbocycles. The second-order valence-corrected chi connectivity index (χ2v) is 3.95. The second-order valence-electron chi connectivity index (χ2n) is 3.95. The number of rotatable bonds is 3. The molecule has 0 N–H and O–H groups in total. The van der Waals surface area contributed by atoms with E-state index in [9.17, 15) is 20.2 Å². The smallest absolute Gasteiger partial charge is 0.247 e. The quantitative estimate of drug-likeness (QED) is 0.419. The van der Waals surface area contributed by atoms with Crippen LogP contribution in [-0.4, -0.2) is 15.4 Å². The highest BCUT2D eigenvalue weighted by molar-refractivity contribution is 5.15. The predicted molar refractivity (Wildman–Crippen MR) is 58.0 cm³/mol. The van der Waals surface area contributed by atoms with Crippen LogP contribution in [0.25, 0.3) is 0 Å². The maximum Gasteiger partial charge on any atom is 0.247 e. The van der Waals surface area contributed by atoms with E-state index in [1.165, 1.54) is 12.2 Å². The Bertz CT molecular complexity index is 375. The molecule has 6 heteroatoms. The third kappa shape index (κ3) is 1.95. The first-order valence-electron chi connectivity index (χ1n) is 5.07. The fraction of sp³-hybridized carbons (Fsp3) is 0.600. The lowest BCUT2D eigenvalue weighted by molar-refractivity contribution is -0.566. The van der Waals surface area contributed by atoms with Crippen molar-refractivity contribution in [1.29, 1.82) is 0 Å². The second kappa shape index (κ2) is 4.42. The minimum atomic E-state index is -1.19. The average molecular weight is 226 g/mol. The van der Waals surface area contributed by atoms with Crippen molar-refractivity contribution >= 4 is 0 Å². The summed E-state index contributed by atoms with van der Waals surface area (Å²) in [5, 5.41) is 21.7. The lowest BCUT2D eigenvalue weighted by Gasteiger charge is -2.28. The SMILES string of the molecule is CC=CC1([N+](=O)[O-])CCC([N+](=O)[O-])=CC1C. The van der Waals surface area contributed by atoms with Gasteiger partial charge in [0.2, 0.25) is 11.2 Å². The van der Waals surface area contributed by atoms with Crippen LogP contribution in [0.1, 0.15) is 26.7 Å². The molecule has 0 aliphatic heterocycles. The molecule has 16 heavy (non-hydrogen) atoms. The van der Waals surface area contributed by atoms with Crippen LogP contribution in [0.4, 0.5) is 0 Å². The summed E-state index contributed by atoms with van der Waals surface area (Å²) in [6.07, 6.45) is 4.88. The summed E-state index contributed by atoms with van der Waals surface area (Å²) in [6.45, 7) is 3.36. The third-order valence-electron chi connectivity index (χ3n) is 3.04. The molecule has 0 aromatic heterocycles. The highest BCUT2D eigenvalue weighted by Crippen LogP contribution is 2.36. The Kier molecular flexibility index (Phi) is 3.41. The van der Waals surface area contributed by atoms with Crippen molar-refractivity contribution in [2.24, 2.45) is 5.92 Å². The van der Waals surface area contributed by atoms with Crippen molar-refractivity contribution in [1.82, 2.24) is 0 Å². The van der Waals surface area contributed by atoms with Crippen LogP contribution in [-0.2, 0) is 0 Å². The summed E-state index contributed by atoms with van der Waals surface area (Å²) in [7, 11) is 0. The summed E-state index contributed by atoms with van der Waals surface area (Å²) in [5.74, 6) is -0.465. The molecule has 2 unspecified atom stereocenters. The Hall–Kier alpha value is -1.72. The summed E-state index contributed by atoms with van der Waals surface area (Å²) < 4.78 is 0. The van der Waals surface area contributed by atoms with E-state index in [2.05, 4.69) is 0 Å². The Morgan fingerprint density at radius 3 is 2.50 bits per heavy atom. The molecule has 0 bridgehead atoms. The molecule has 0 heterocycles. The van der Waals surface area contributed by atoms with E-state index in [0.29, 0.717) is 0 Å². The van der Waals surface area contributed by atoms with E-state index in [1.54, 1.807) is 19.9 Å². The van der Waals surface area contributed by atoms with Crippen molar-refractivity contribution in [3.05, 3.63) is 44.2 Å². The van der Waals surface area contributed by atoms with Gasteiger partial charge in [0.05, 0.1) is 10.8 Å². The predicted octanol–water partition coefficient (Wildman–Crippen LogP) is 2.17. The standard InChI is InChI=1S/C10H14N2O4/c1-3-5-10(12(15)16)6-4-9(11(13)14)7-8(10)2/h3,5,7-8H,4,6H2,1-2H3. The largest absolute Gasteiger partial charge is 0.264 e. The molecule has 0 saturated carbocycles. The summed E-state index contributed by atoms with van der Waals surface area (Å²) >= 11 is 0. The van der Waals surface area contributed by atoms with Gasteiger partial charge in [0.15, 0.2) is 0 Å². The Labute approximate surface area is 92.9 Å². The third-order valence-corrected chi connectivity index (χ3v) is 3.04. The van der Waals surface area contributed by atoms with E-state index in [4.69, 9.17) is 0 Å². The summed E-state index contributed by atoms with van der Waals surface area (Å²) in [6, 6.07) is 0. The van der Waals surface area contributed by atoms with Crippen LogP contribution in [0.2, 0.25) is 0 Å². The topological polar surface area (TPSA) is 86.3 Å². The number of allylic oxidation sites excluding steroid dienone is 2. The normalized spacial score (nSPS) is 30.1. The molecule has 0 radical (unpaired) electrons. The fourth-order valence-corrected chi connectivity index (χ4v) is 2.07. The molecule has 0 aromatic carbocycles. The Morgan fingerprint density at radius 1 is 1.50 bits per heavy atom. The van der Waals surface area contributed by atoms with E-state index in [0.717, 1.165) is 0 Å². The van der Waals surface area contributed by atoms with Crippen molar-refractivity contribution < 1.29 is 9.85 Å². The van der Waals surface area contributed by atoms with Crippen LogP contribution in [0.5, 0.6) is 0 Å². The molecule has 0 spiro atoms. The molecule has 6 nitrogen and oxygen atoms in total. The van der Waals surface area contributed by atoms with Crippen LogP contribution in [0.3, 0.4) is 0 Å². The summed E-state index contributed by atoms with van der Waals surface area (Å²) in [5.41, 5.74) is -1.11. The monoisotopic (exact) mass is 226 g/mol. The molecule has 0 fully saturated rings. The van der Waals surface area contributed by atoms with Gasteiger partial charge in [-0.15, -0.1) is 0 Å². The number of hydrogen-bond acceptors (Lipinski definition) is 4. The molecule has 2 atom stereocenters. The van der Waals surface area contributed by atoms with E-state index >= 15 is 0 Å². The lowest BCUT2D eigenvalue weighted by Crippen LogP contribution is -2.44. The first kappa shape index (κ1) is 12.4. The minimum Gasteiger partial charge on any atom is -0.264 e. The average Bonchev–Trinajstić information content (AvgIpc) is 2.20. The van der Waals surface area contributed by atoms with Crippen LogP contribution >= 0.6 is 0 Å². The van der Waals surface area contributed by atoms with Gasteiger partial charge >= 0.3 is 0 Å². The highest BCUT2D eigenvalue weighted by atomic mass is 16.6. The number of nitro groups is 2. The lowest BCUT2D eigenvalue weighted by atomic mass is 9.76. The zero-order valence-electron chi connectivity index (χ0n) is 9.25. The van der Waals surface area contributed by atoms with Gasteiger partial charge in [-0.1, -0.05) is 13.0 Å². The zero-order chi connectivity index (χ0) is 12.3. The molecular formula is C10H14N2O4. The van der Waals surface area contributed by atoms with E-state index in [1.807, 2.05) is 0 Å². The Balaban J connectivity index is 3.10. The van der Waals surface area contributed by atoms with E-state index in [-0.39, 0.29) is 23.5 Å². The van der Waals surface area contributed by atoms with Crippen molar-refractivity contribution in [3.63, 3.8) is 0 Å². The molecule has 88 valence electrons. The van der Waals surface area contributed by atoms with Gasteiger partial charge in [-0.2, -0.15) is 0 Å². The van der Waals surface area contributed by atoms with Gasteiger partial charge in [-0.3, -0.25) is 20.2 Å². The van der Waals surface area contributed by atoms with Gasteiger partial charge in [-0.25, -0.2) is 0 Å². The molecule has 0 amide bonds. The first-order chi connectivity index (χ1) is 7.44. The van der Waals surface area contributed by atoms with Crippen molar-refractivity contribution in [3.8, 4) is 0 Å². The van der Waals surface area contributed by atoms with Crippen LogP contribution in [0, 0.1) is 26.1 Å². The van der Waals surface area contributed by atoms with E-state index < -0.39 is 16.4 Å². The van der Waals surface area contributed by atoms with Gasteiger partial charge in [0.25, 0.3) is 0 Å². The van der Waals surface area contributed by atoms with Crippen molar-refractivity contribution in [2.45, 2.75) is 32.2 Å². The minimum absolute atomic E-state index is 0.0782. The van der Waals surface area contributed by atoms with Crippen molar-refractivity contribution in [2.75, 3.05) is 0 Å².